The van der Waals surface area contributed by atoms with E-state index in [4.69, 9.17) is 19.5 Å². The number of carbonyl (C=O) groups is 2. The highest BCUT2D eigenvalue weighted by Crippen LogP contribution is 2.30. The minimum atomic E-state index is -1.17. The number of halogens is 1. The summed E-state index contributed by atoms with van der Waals surface area (Å²) in [7, 11) is 0.810. The van der Waals surface area contributed by atoms with Crippen LogP contribution in [0.5, 0.6) is 0 Å². The molecule has 62 heavy (non-hydrogen) atoms. The topological polar surface area (TPSA) is 205 Å². The highest BCUT2D eigenvalue weighted by molar-refractivity contribution is 9.10. The maximum absolute atomic E-state index is 11.7. The van der Waals surface area contributed by atoms with E-state index in [9.17, 15) is 19.6 Å². The van der Waals surface area contributed by atoms with E-state index in [1.54, 1.807) is 0 Å². The van der Waals surface area contributed by atoms with Gasteiger partial charge in [-0.1, -0.05) is 28.7 Å². The molecule has 4 aliphatic rings. The Labute approximate surface area is 380 Å². The normalized spacial score (nSPS) is 20.6. The first-order valence-electron chi connectivity index (χ1n) is 21.4. The van der Waals surface area contributed by atoms with Crippen molar-refractivity contribution >= 4 is 60.7 Å². The summed E-state index contributed by atoms with van der Waals surface area (Å²) in [4.78, 5) is 55.1. The molecule has 2 aromatic rings. The summed E-state index contributed by atoms with van der Waals surface area (Å²) in [5.74, 6) is 0.686. The quantitative estimate of drug-likeness (QED) is 0.200. The third kappa shape index (κ3) is 15.1. The Hall–Kier alpha value is -2.95. The van der Waals surface area contributed by atoms with Gasteiger partial charge >= 0.3 is 33.2 Å². The second-order valence-corrected chi connectivity index (χ2v) is 16.7. The number of rotatable bonds is 10. The van der Waals surface area contributed by atoms with Crippen molar-refractivity contribution in [1.82, 2.24) is 39.4 Å². The summed E-state index contributed by atoms with van der Waals surface area (Å²) < 4.78 is 10.0. The number of esters is 2. The Morgan fingerprint density at radius 3 is 1.39 bits per heavy atom. The molecule has 2 aromatic heterocycles. The van der Waals surface area contributed by atoms with E-state index in [-0.39, 0.29) is 40.3 Å². The summed E-state index contributed by atoms with van der Waals surface area (Å²) >= 11 is 3.47. The predicted molar refractivity (Wildman–Crippen MR) is 252 cm³/mol. The van der Waals surface area contributed by atoms with Gasteiger partial charge < -0.3 is 49.0 Å². The molecular formula is C40H74B3BrN10O8. The van der Waals surface area contributed by atoms with Crippen molar-refractivity contribution in [3.05, 3.63) is 34.1 Å². The summed E-state index contributed by atoms with van der Waals surface area (Å²) in [5, 5.41) is 34.8. The largest absolute Gasteiger partial charge is 0.464 e. The highest BCUT2D eigenvalue weighted by atomic mass is 79.9. The Morgan fingerprint density at radius 1 is 0.677 bits per heavy atom. The van der Waals surface area contributed by atoms with Gasteiger partial charge in [-0.2, -0.15) is 0 Å². The van der Waals surface area contributed by atoms with Crippen molar-refractivity contribution in [3.8, 4) is 0 Å². The van der Waals surface area contributed by atoms with Gasteiger partial charge in [0.05, 0.1) is 32.3 Å². The number of piperazine rings is 2. The first-order valence-corrected chi connectivity index (χ1v) is 22.2. The molecular weight excluding hydrogens is 861 g/mol. The van der Waals surface area contributed by atoms with Crippen LogP contribution >= 0.6 is 15.9 Å². The van der Waals surface area contributed by atoms with E-state index in [0.717, 1.165) is 121 Å². The van der Waals surface area contributed by atoms with Crippen molar-refractivity contribution < 1.29 is 39.2 Å². The predicted octanol–water partition coefficient (Wildman–Crippen LogP) is 2.91. The molecule has 0 unspecified atom stereocenters. The maximum atomic E-state index is 11.7. The van der Waals surface area contributed by atoms with Crippen molar-refractivity contribution in [2.75, 3.05) is 89.5 Å². The van der Waals surface area contributed by atoms with Gasteiger partial charge in [-0.05, 0) is 108 Å². The van der Waals surface area contributed by atoms with Crippen LogP contribution in [0.25, 0.3) is 0 Å². The fourth-order valence-electron chi connectivity index (χ4n) is 8.76. The second-order valence-electron chi connectivity index (χ2n) is 15.9. The lowest BCUT2D eigenvalue weighted by atomic mass is 9.82. The molecule has 22 heteroatoms. The van der Waals surface area contributed by atoms with Crippen LogP contribution in [0.15, 0.2) is 17.0 Å². The van der Waals surface area contributed by atoms with E-state index in [1.807, 2.05) is 20.6 Å². The Balaban J connectivity index is 0.000000381. The molecule has 4 fully saturated rings. The van der Waals surface area contributed by atoms with E-state index >= 15 is 0 Å². The molecule has 0 radical (unpaired) electrons. The van der Waals surface area contributed by atoms with Gasteiger partial charge in [-0.15, -0.1) is 0 Å². The molecule has 4 saturated heterocycles. The van der Waals surface area contributed by atoms with Gasteiger partial charge in [0.2, 0.25) is 0 Å². The number of aryl methyl sites for hydroxylation is 1. The van der Waals surface area contributed by atoms with Gasteiger partial charge in [0.1, 0.15) is 10.4 Å². The number of carbonyl (C=O) groups excluding carboxylic acids is 2. The number of methoxy groups -OCH3 is 2. The van der Waals surface area contributed by atoms with Crippen molar-refractivity contribution in [3.63, 3.8) is 0 Å². The summed E-state index contributed by atoms with van der Waals surface area (Å²) in [6, 6.07) is 2.07. The smallest absolute Gasteiger partial charge is 0.448 e. The van der Waals surface area contributed by atoms with Gasteiger partial charge in [-0.25, -0.2) is 29.5 Å². The molecule has 0 saturated carbocycles. The van der Waals surface area contributed by atoms with Crippen molar-refractivity contribution in [2.45, 2.75) is 119 Å². The molecule has 2 atom stereocenters. The third-order valence-corrected chi connectivity index (χ3v) is 12.5. The molecule has 0 spiro atoms. The van der Waals surface area contributed by atoms with E-state index in [2.05, 4.69) is 78.9 Å². The number of hydrogen-bond acceptors (Lipinski definition) is 18. The number of ether oxygens (including phenoxy) is 2. The van der Waals surface area contributed by atoms with E-state index in [0.29, 0.717) is 28.8 Å². The van der Waals surface area contributed by atoms with Crippen molar-refractivity contribution in [1.29, 1.82) is 0 Å². The van der Waals surface area contributed by atoms with Crippen molar-refractivity contribution in [2.24, 2.45) is 0 Å². The van der Waals surface area contributed by atoms with Gasteiger partial charge in [0, 0.05) is 63.4 Å². The van der Waals surface area contributed by atoms with Crippen LogP contribution in [0.3, 0.4) is 0 Å². The fourth-order valence-corrected chi connectivity index (χ4v) is 9.30. The lowest BCUT2D eigenvalue weighted by molar-refractivity contribution is 0.0584. The van der Waals surface area contributed by atoms with E-state index in [1.165, 1.54) is 33.4 Å². The summed E-state index contributed by atoms with van der Waals surface area (Å²) in [5.41, 5.74) is 1.21. The number of hydrogen-bond donors (Lipinski definition) is 4. The van der Waals surface area contributed by atoms with Gasteiger partial charge in [-0.3, -0.25) is 9.80 Å². The molecule has 18 nitrogen and oxygen atoms in total. The average molecular weight is 935 g/mol. The third-order valence-electron chi connectivity index (χ3n) is 12.0. The number of piperidine rings is 2. The number of anilines is 2. The fraction of sp³-hybridized carbons (Fsp3) is 0.750. The van der Waals surface area contributed by atoms with Crippen LogP contribution in [-0.4, -0.2) is 196 Å². The maximum Gasteiger partial charge on any atom is 0.448 e. The molecule has 6 heterocycles. The second kappa shape index (κ2) is 26.7. The lowest BCUT2D eigenvalue weighted by Crippen LogP contribution is -2.59. The number of nitrogens with zero attached hydrogens (tertiary/aromatic N) is 10. The van der Waals surface area contributed by atoms with Crippen LogP contribution in [0, 0.1) is 6.92 Å². The van der Waals surface area contributed by atoms with Crippen LogP contribution in [0.2, 0.25) is 20.5 Å². The zero-order chi connectivity index (χ0) is 44.1. The van der Waals surface area contributed by atoms with Crippen LogP contribution < -0.4 is 9.80 Å². The molecule has 6 rings (SSSR count). The van der Waals surface area contributed by atoms with Crippen LogP contribution in [0.1, 0.15) is 93.9 Å². The molecule has 0 amide bonds. The van der Waals surface area contributed by atoms with Gasteiger partial charge in [0.25, 0.3) is 0 Å². The summed E-state index contributed by atoms with van der Waals surface area (Å²) in [6.07, 6.45) is 9.54. The summed E-state index contributed by atoms with van der Waals surface area (Å²) in [6.45, 7) is 20.7. The average Bonchev–Trinajstić information content (AvgIpc) is 3.25. The Bertz CT molecular complexity index is 1540. The van der Waals surface area contributed by atoms with Crippen LogP contribution in [-0.2, 0) is 9.47 Å². The van der Waals surface area contributed by atoms with E-state index < -0.39 is 19.1 Å². The Kier molecular flexibility index (Phi) is 23.8. The van der Waals surface area contributed by atoms with Gasteiger partial charge in [0.15, 0.2) is 17.2 Å². The lowest BCUT2D eigenvalue weighted by Gasteiger charge is -2.48. The molecule has 4 N–H and O–H groups in total. The first-order chi connectivity index (χ1) is 28.6. The molecule has 0 aromatic carbocycles. The minimum absolute atomic E-state index is 0. The SMILES string of the molecule is C.C.CB(O)O.CC[C@H]1CN(c2ncc(C(=O)OC)nc2Br)CCN1C1CCN(B(C)O)CC1.CC[C@H]1CN(c2ncc(C(=O)OC)nc2C)CCN1C1CCN(B(C)O)CC1. The molecule has 4 aliphatic heterocycles. The standard InChI is InChI=1S/C19H32BN5O3.C18H29BBrN5O3.CH5BO2.2CH4/c1-5-15-13-23(18-14(2)22-17(12-21-18)19(26)28-4)10-11-25(15)16-6-8-24(9-7-16)20(3)27;1-4-13-12-23(17-16(20)22-15(11-21-17)18(26)28-3)9-10-25(13)14-5-7-24(8-6-14)19(2)27;1-2(3)4;;/h12,15-16,27H,5-11,13H2,1-4H3;11,13-14,27H,4-10,12H2,1-3H3;3-4H,1H3;2*1H4/t15-;13-;;;/m00.../s1. The zero-order valence-corrected chi connectivity index (χ0v) is 38.4. The molecule has 348 valence electrons. The monoisotopic (exact) mass is 935 g/mol. The minimum Gasteiger partial charge on any atom is -0.464 e. The zero-order valence-electron chi connectivity index (χ0n) is 36.8. The number of aromatic nitrogens is 4. The highest BCUT2D eigenvalue weighted by Gasteiger charge is 2.37. The van der Waals surface area contributed by atoms with Crippen LogP contribution in [0.4, 0.5) is 11.6 Å². The molecule has 0 aliphatic carbocycles. The Morgan fingerprint density at radius 2 is 1.05 bits per heavy atom. The molecule has 0 bridgehead atoms. The first kappa shape index (κ1) is 55.2.